The molecule has 4 aliphatic rings. The molecule has 2 aliphatic heterocycles. The highest BCUT2D eigenvalue weighted by atomic mass is 16.2. The van der Waals surface area contributed by atoms with Crippen molar-refractivity contribution in [2.75, 3.05) is 20.1 Å². The van der Waals surface area contributed by atoms with Gasteiger partial charge in [0.05, 0.1) is 23.3 Å². The third-order valence-electron chi connectivity index (χ3n) is 9.79. The normalized spacial score (nSPS) is 36.7. The Morgan fingerprint density at radius 3 is 2.76 bits per heavy atom. The van der Waals surface area contributed by atoms with Gasteiger partial charge in [0.15, 0.2) is 0 Å². The Morgan fingerprint density at radius 2 is 2.03 bits per heavy atom. The summed E-state index contributed by atoms with van der Waals surface area (Å²) >= 11 is 0. The molecule has 5 unspecified atom stereocenters. The zero-order chi connectivity index (χ0) is 24.1. The van der Waals surface area contributed by atoms with E-state index in [1.165, 1.54) is 49.1 Å². The van der Waals surface area contributed by atoms with Crippen LogP contribution in [0.4, 0.5) is 0 Å². The van der Waals surface area contributed by atoms with Gasteiger partial charge in [0.25, 0.3) is 0 Å². The fraction of sp³-hybridized carbons (Fsp3) is 0.786. The Labute approximate surface area is 205 Å². The third-order valence-corrected chi connectivity index (χ3v) is 9.79. The topological polar surface area (TPSA) is 64.3 Å². The molecular formula is C28H45N5O. The number of H-pyrrole nitrogens is 1. The summed E-state index contributed by atoms with van der Waals surface area (Å²) in [5.41, 5.74) is 4.34. The predicted molar refractivity (Wildman–Crippen MR) is 137 cm³/mol. The van der Waals surface area contributed by atoms with Crippen molar-refractivity contribution < 1.29 is 4.79 Å². The Kier molecular flexibility index (Phi) is 6.43. The number of nitrogens with zero attached hydrogens (tertiary/aromatic N) is 3. The van der Waals surface area contributed by atoms with Crippen molar-refractivity contribution in [1.29, 1.82) is 0 Å². The van der Waals surface area contributed by atoms with Crippen LogP contribution in [0, 0.1) is 11.3 Å². The van der Waals surface area contributed by atoms with Gasteiger partial charge < -0.3 is 10.2 Å². The first-order chi connectivity index (χ1) is 16.2. The highest BCUT2D eigenvalue weighted by Crippen LogP contribution is 2.45. The van der Waals surface area contributed by atoms with Crippen LogP contribution in [-0.2, 0) is 23.2 Å². The molecule has 0 saturated carbocycles. The van der Waals surface area contributed by atoms with Gasteiger partial charge in [-0.2, -0.15) is 5.10 Å². The summed E-state index contributed by atoms with van der Waals surface area (Å²) in [6.07, 6.45) is 15.1. The maximum atomic E-state index is 13.3. The van der Waals surface area contributed by atoms with Gasteiger partial charge in [0, 0.05) is 18.8 Å². The van der Waals surface area contributed by atoms with Gasteiger partial charge in [-0.1, -0.05) is 38.8 Å². The number of hydrogen-bond acceptors (Lipinski definition) is 4. The SMILES string of the molecule is CCC1(C)CCc2c([C@@]3(C)CC4C=CC(N(C)C(=O)C(C)N5CCCCC5)CC4N3)n[nH]c2C1. The molecule has 5 rings (SSSR count). The maximum Gasteiger partial charge on any atom is 0.239 e. The molecule has 0 spiro atoms. The van der Waals surface area contributed by atoms with Gasteiger partial charge in [-0.25, -0.2) is 0 Å². The lowest BCUT2D eigenvalue weighted by molar-refractivity contribution is -0.137. The molecular weight excluding hydrogens is 422 g/mol. The van der Waals surface area contributed by atoms with E-state index in [2.05, 4.69) is 55.2 Å². The van der Waals surface area contributed by atoms with Crippen LogP contribution in [0.2, 0.25) is 0 Å². The van der Waals surface area contributed by atoms with Crippen LogP contribution in [-0.4, -0.2) is 64.2 Å². The summed E-state index contributed by atoms with van der Waals surface area (Å²) in [6, 6.07) is 0.522. The number of amides is 1. The van der Waals surface area contributed by atoms with E-state index in [1.807, 2.05) is 11.9 Å². The zero-order valence-corrected chi connectivity index (χ0v) is 22.0. The first-order valence-electron chi connectivity index (χ1n) is 13.8. The minimum atomic E-state index is -0.109. The van der Waals surface area contributed by atoms with Crippen molar-refractivity contribution in [3.05, 3.63) is 29.1 Å². The summed E-state index contributed by atoms with van der Waals surface area (Å²) in [4.78, 5) is 17.7. The number of rotatable bonds is 5. The van der Waals surface area contributed by atoms with Crippen LogP contribution in [0.1, 0.15) is 89.6 Å². The quantitative estimate of drug-likeness (QED) is 0.638. The summed E-state index contributed by atoms with van der Waals surface area (Å²) in [5, 5.41) is 12.3. The molecule has 1 aromatic rings. The van der Waals surface area contributed by atoms with Gasteiger partial charge in [-0.15, -0.1) is 0 Å². The van der Waals surface area contributed by atoms with Gasteiger partial charge in [-0.05, 0) is 88.8 Å². The fourth-order valence-electron chi connectivity index (χ4n) is 7.12. The van der Waals surface area contributed by atoms with E-state index in [9.17, 15) is 4.79 Å². The molecule has 6 nitrogen and oxygen atoms in total. The molecule has 0 bridgehead atoms. The lowest BCUT2D eigenvalue weighted by atomic mass is 9.72. The molecule has 188 valence electrons. The molecule has 6 atom stereocenters. The Balaban J connectivity index is 1.26. The minimum Gasteiger partial charge on any atom is -0.338 e. The fourth-order valence-corrected chi connectivity index (χ4v) is 7.12. The number of fused-ring (bicyclic) bond motifs is 2. The molecule has 1 aromatic heterocycles. The number of likely N-dealkylation sites (tertiary alicyclic amines) is 1. The number of nitrogens with one attached hydrogen (secondary N) is 2. The van der Waals surface area contributed by atoms with Crippen molar-refractivity contribution in [2.24, 2.45) is 11.3 Å². The molecule has 2 fully saturated rings. The smallest absolute Gasteiger partial charge is 0.239 e. The maximum absolute atomic E-state index is 13.3. The Bertz CT molecular complexity index is 933. The predicted octanol–water partition coefficient (Wildman–Crippen LogP) is 4.17. The molecule has 2 N–H and O–H groups in total. The second kappa shape index (κ2) is 9.09. The van der Waals surface area contributed by atoms with Crippen LogP contribution < -0.4 is 5.32 Å². The van der Waals surface area contributed by atoms with E-state index in [0.717, 1.165) is 38.8 Å². The van der Waals surface area contributed by atoms with E-state index >= 15 is 0 Å². The Hall–Kier alpha value is -1.66. The summed E-state index contributed by atoms with van der Waals surface area (Å²) < 4.78 is 0. The van der Waals surface area contributed by atoms with E-state index in [1.54, 1.807) is 0 Å². The number of carbonyl (C=O) groups excluding carboxylic acids is 1. The van der Waals surface area contributed by atoms with Crippen LogP contribution in [0.15, 0.2) is 12.2 Å². The highest BCUT2D eigenvalue weighted by molar-refractivity contribution is 5.81. The largest absolute Gasteiger partial charge is 0.338 e. The molecule has 2 aliphatic carbocycles. The number of likely N-dealkylation sites (N-methyl/N-ethyl adjacent to an activating group) is 1. The van der Waals surface area contributed by atoms with Gasteiger partial charge in [0.2, 0.25) is 5.91 Å². The average molecular weight is 468 g/mol. The molecule has 2 saturated heterocycles. The molecule has 0 radical (unpaired) electrons. The summed E-state index contributed by atoms with van der Waals surface area (Å²) in [5.74, 6) is 0.761. The minimum absolute atomic E-state index is 0.0254. The number of aromatic nitrogens is 2. The van der Waals surface area contributed by atoms with Crippen molar-refractivity contribution in [3.63, 3.8) is 0 Å². The Morgan fingerprint density at radius 1 is 1.26 bits per heavy atom. The number of carbonyl (C=O) groups is 1. The van der Waals surface area contributed by atoms with E-state index in [4.69, 9.17) is 5.10 Å². The zero-order valence-electron chi connectivity index (χ0n) is 22.0. The third kappa shape index (κ3) is 4.26. The molecule has 1 amide bonds. The summed E-state index contributed by atoms with van der Waals surface area (Å²) in [7, 11) is 2.00. The van der Waals surface area contributed by atoms with Crippen LogP contribution >= 0.6 is 0 Å². The average Bonchev–Trinajstić information content (AvgIpc) is 3.43. The molecule has 6 heteroatoms. The molecule has 0 aromatic carbocycles. The van der Waals surface area contributed by atoms with Crippen molar-refractivity contribution in [1.82, 2.24) is 25.3 Å². The van der Waals surface area contributed by atoms with Crippen molar-refractivity contribution in [3.8, 4) is 0 Å². The van der Waals surface area contributed by atoms with Crippen LogP contribution in [0.25, 0.3) is 0 Å². The van der Waals surface area contributed by atoms with Crippen LogP contribution in [0.3, 0.4) is 0 Å². The summed E-state index contributed by atoms with van der Waals surface area (Å²) in [6.45, 7) is 11.3. The number of piperidine rings is 1. The van der Waals surface area contributed by atoms with Crippen LogP contribution in [0.5, 0.6) is 0 Å². The lowest BCUT2D eigenvalue weighted by Crippen LogP contribution is -2.52. The molecule has 34 heavy (non-hydrogen) atoms. The van der Waals surface area contributed by atoms with E-state index in [-0.39, 0.29) is 23.5 Å². The van der Waals surface area contributed by atoms with E-state index in [0.29, 0.717) is 17.4 Å². The second-order valence-electron chi connectivity index (χ2n) is 12.2. The first-order valence-corrected chi connectivity index (χ1v) is 13.8. The van der Waals surface area contributed by atoms with Gasteiger partial charge in [-0.3, -0.25) is 14.8 Å². The van der Waals surface area contributed by atoms with Gasteiger partial charge >= 0.3 is 0 Å². The van der Waals surface area contributed by atoms with Crippen molar-refractivity contribution in [2.45, 2.75) is 109 Å². The highest BCUT2D eigenvalue weighted by Gasteiger charge is 2.47. The number of hydrogen-bond donors (Lipinski definition) is 2. The lowest BCUT2D eigenvalue weighted by Gasteiger charge is -2.38. The monoisotopic (exact) mass is 467 g/mol. The molecule has 3 heterocycles. The van der Waals surface area contributed by atoms with Crippen molar-refractivity contribution >= 4 is 5.91 Å². The van der Waals surface area contributed by atoms with Gasteiger partial charge in [0.1, 0.15) is 0 Å². The number of aromatic amines is 1. The first kappa shape index (κ1) is 24.1. The standard InChI is InChI=1S/C28H45N5O/c1-6-27(3)13-12-22-24(18-27)30-31-25(22)28(4)17-20-10-11-21(16-23(20)29-28)32(5)26(34)19(2)33-14-8-7-9-15-33/h10-11,19-21,23,29H,6-9,12-18H2,1-5H3,(H,30,31)/t19?,20?,21?,23?,27?,28-/m1/s1. The second-order valence-corrected chi connectivity index (χ2v) is 12.2. The van der Waals surface area contributed by atoms with E-state index < -0.39 is 0 Å².